The van der Waals surface area contributed by atoms with Crippen LogP contribution in [-0.4, -0.2) is 39.5 Å². The first-order valence-electron chi connectivity index (χ1n) is 11.4. The molecular formula is C27H31N3O4. The standard InChI is InChI=1S/C27H31N3O4/c1-4-21(31)17-30(18-24-11-8-16-33-24)19-25-26(20-9-6-5-7-10-20)28-29(2)27(25)34-23-14-12-22(32-3)13-15-23/h5-16,21,31H,4,17-19H2,1-3H3/t21-/m1/s1. The summed E-state index contributed by atoms with van der Waals surface area (Å²) in [7, 11) is 3.52. The largest absolute Gasteiger partial charge is 0.497 e. The Balaban J connectivity index is 1.72. The number of methoxy groups -OCH3 is 1. The molecule has 0 aliphatic rings. The quantitative estimate of drug-likeness (QED) is 0.329. The highest BCUT2D eigenvalue weighted by atomic mass is 16.5. The van der Waals surface area contributed by atoms with Crippen molar-refractivity contribution in [3.63, 3.8) is 0 Å². The molecule has 0 radical (unpaired) electrons. The van der Waals surface area contributed by atoms with Gasteiger partial charge in [-0.05, 0) is 42.8 Å². The maximum absolute atomic E-state index is 10.4. The van der Waals surface area contributed by atoms with Gasteiger partial charge in [-0.1, -0.05) is 37.3 Å². The maximum atomic E-state index is 10.4. The highest BCUT2D eigenvalue weighted by Gasteiger charge is 2.23. The van der Waals surface area contributed by atoms with Gasteiger partial charge in [-0.25, -0.2) is 4.68 Å². The molecule has 0 spiro atoms. The summed E-state index contributed by atoms with van der Waals surface area (Å²) < 4.78 is 19.0. The number of aliphatic hydroxyl groups is 1. The molecule has 1 atom stereocenters. The average molecular weight is 462 g/mol. The summed E-state index contributed by atoms with van der Waals surface area (Å²) in [5, 5.41) is 15.3. The SMILES string of the molecule is CC[C@@H](O)CN(Cc1ccco1)Cc1c(-c2ccccc2)nn(C)c1Oc1ccc(OC)cc1. The van der Waals surface area contributed by atoms with E-state index < -0.39 is 6.10 Å². The third-order valence-corrected chi connectivity index (χ3v) is 5.69. The summed E-state index contributed by atoms with van der Waals surface area (Å²) in [6.45, 7) is 3.58. The molecule has 2 aromatic heterocycles. The second-order valence-electron chi connectivity index (χ2n) is 8.21. The molecule has 178 valence electrons. The lowest BCUT2D eigenvalue weighted by Crippen LogP contribution is -2.31. The van der Waals surface area contributed by atoms with E-state index in [1.807, 2.05) is 80.7 Å². The Labute approximate surface area is 200 Å². The zero-order chi connectivity index (χ0) is 23.9. The normalized spacial score (nSPS) is 12.1. The van der Waals surface area contributed by atoms with Gasteiger partial charge in [-0.15, -0.1) is 0 Å². The number of ether oxygens (including phenoxy) is 2. The van der Waals surface area contributed by atoms with Gasteiger partial charge in [0.2, 0.25) is 5.88 Å². The predicted octanol–water partition coefficient (Wildman–Crippen LogP) is 5.25. The molecule has 2 aromatic carbocycles. The number of hydrogen-bond acceptors (Lipinski definition) is 6. The summed E-state index contributed by atoms with van der Waals surface area (Å²) in [4.78, 5) is 2.16. The van der Waals surface area contributed by atoms with Crippen molar-refractivity contribution >= 4 is 0 Å². The van der Waals surface area contributed by atoms with Crippen LogP contribution in [0.25, 0.3) is 11.3 Å². The van der Waals surface area contributed by atoms with E-state index in [0.717, 1.165) is 28.3 Å². The minimum absolute atomic E-state index is 0.447. The first-order chi connectivity index (χ1) is 16.6. The molecule has 34 heavy (non-hydrogen) atoms. The molecule has 0 fully saturated rings. The number of hydrogen-bond donors (Lipinski definition) is 1. The van der Waals surface area contributed by atoms with Gasteiger partial charge in [0.15, 0.2) is 0 Å². The van der Waals surface area contributed by atoms with E-state index in [4.69, 9.17) is 19.0 Å². The minimum Gasteiger partial charge on any atom is -0.497 e. The van der Waals surface area contributed by atoms with Crippen molar-refractivity contribution in [3.05, 3.63) is 84.3 Å². The van der Waals surface area contributed by atoms with Crippen molar-refractivity contribution in [2.75, 3.05) is 13.7 Å². The molecule has 0 aliphatic heterocycles. The van der Waals surface area contributed by atoms with Crippen LogP contribution in [-0.2, 0) is 20.1 Å². The van der Waals surface area contributed by atoms with E-state index in [1.54, 1.807) is 18.1 Å². The highest BCUT2D eigenvalue weighted by Crippen LogP contribution is 2.35. The Hall–Kier alpha value is -3.55. The van der Waals surface area contributed by atoms with E-state index >= 15 is 0 Å². The fraction of sp³-hybridized carbons (Fsp3) is 0.296. The van der Waals surface area contributed by atoms with E-state index in [1.165, 1.54) is 0 Å². The first-order valence-corrected chi connectivity index (χ1v) is 11.4. The molecule has 0 bridgehead atoms. The van der Waals surface area contributed by atoms with Crippen molar-refractivity contribution in [1.82, 2.24) is 14.7 Å². The predicted molar refractivity (Wildman–Crippen MR) is 131 cm³/mol. The van der Waals surface area contributed by atoms with Crippen LogP contribution in [0.1, 0.15) is 24.7 Å². The first kappa shape index (κ1) is 23.6. The van der Waals surface area contributed by atoms with Crippen LogP contribution < -0.4 is 9.47 Å². The maximum Gasteiger partial charge on any atom is 0.222 e. The molecule has 4 rings (SSSR count). The Bertz CT molecular complexity index is 1150. The van der Waals surface area contributed by atoms with Gasteiger partial charge < -0.3 is 19.0 Å². The fourth-order valence-corrected chi connectivity index (χ4v) is 3.86. The Morgan fingerprint density at radius 1 is 1.00 bits per heavy atom. The number of aryl methyl sites for hydroxylation is 1. The highest BCUT2D eigenvalue weighted by molar-refractivity contribution is 5.65. The van der Waals surface area contributed by atoms with Crippen molar-refractivity contribution in [2.45, 2.75) is 32.5 Å². The molecule has 7 nitrogen and oxygen atoms in total. The average Bonchev–Trinajstić information content (AvgIpc) is 3.48. The molecule has 0 saturated heterocycles. The van der Waals surface area contributed by atoms with E-state index in [2.05, 4.69) is 4.90 Å². The summed E-state index contributed by atoms with van der Waals surface area (Å²) >= 11 is 0. The molecule has 0 unspecified atom stereocenters. The van der Waals surface area contributed by atoms with Crippen molar-refractivity contribution in [1.29, 1.82) is 0 Å². The number of aromatic nitrogens is 2. The molecule has 1 N–H and O–H groups in total. The lowest BCUT2D eigenvalue weighted by molar-refractivity contribution is 0.0970. The van der Waals surface area contributed by atoms with Crippen LogP contribution >= 0.6 is 0 Å². The topological polar surface area (TPSA) is 72.9 Å². The van der Waals surface area contributed by atoms with Gasteiger partial charge in [-0.3, -0.25) is 4.90 Å². The van der Waals surface area contributed by atoms with Gasteiger partial charge in [0.1, 0.15) is 23.0 Å². The third kappa shape index (κ3) is 5.68. The van der Waals surface area contributed by atoms with Gasteiger partial charge >= 0.3 is 0 Å². The smallest absolute Gasteiger partial charge is 0.222 e. The van der Waals surface area contributed by atoms with Gasteiger partial charge in [0.25, 0.3) is 0 Å². The zero-order valence-electron chi connectivity index (χ0n) is 19.8. The summed E-state index contributed by atoms with van der Waals surface area (Å²) in [6.07, 6.45) is 1.89. The van der Waals surface area contributed by atoms with Crippen molar-refractivity contribution in [3.8, 4) is 28.6 Å². The number of benzene rings is 2. The van der Waals surface area contributed by atoms with Crippen LogP contribution in [0, 0.1) is 0 Å². The lowest BCUT2D eigenvalue weighted by atomic mass is 10.1. The summed E-state index contributed by atoms with van der Waals surface area (Å²) in [5.41, 5.74) is 2.80. The summed E-state index contributed by atoms with van der Waals surface area (Å²) in [5.74, 6) is 2.95. The molecule has 4 aromatic rings. The fourth-order valence-electron chi connectivity index (χ4n) is 3.86. The zero-order valence-corrected chi connectivity index (χ0v) is 19.8. The van der Waals surface area contributed by atoms with Crippen LogP contribution in [0.5, 0.6) is 17.4 Å². The Kier molecular flexibility index (Phi) is 7.67. The monoisotopic (exact) mass is 461 g/mol. The third-order valence-electron chi connectivity index (χ3n) is 5.69. The number of aliphatic hydroxyl groups excluding tert-OH is 1. The Morgan fingerprint density at radius 2 is 1.74 bits per heavy atom. The molecule has 2 heterocycles. The van der Waals surface area contributed by atoms with Crippen LogP contribution in [0.4, 0.5) is 0 Å². The molecule has 0 amide bonds. The number of nitrogens with zero attached hydrogens (tertiary/aromatic N) is 3. The molecule has 0 aliphatic carbocycles. The van der Waals surface area contributed by atoms with Crippen LogP contribution in [0.15, 0.2) is 77.4 Å². The van der Waals surface area contributed by atoms with Gasteiger partial charge in [0, 0.05) is 25.7 Å². The van der Waals surface area contributed by atoms with E-state index in [-0.39, 0.29) is 0 Å². The second-order valence-corrected chi connectivity index (χ2v) is 8.21. The Morgan fingerprint density at radius 3 is 2.38 bits per heavy atom. The van der Waals surface area contributed by atoms with Crippen LogP contribution in [0.2, 0.25) is 0 Å². The lowest BCUT2D eigenvalue weighted by Gasteiger charge is -2.24. The van der Waals surface area contributed by atoms with Crippen molar-refractivity contribution < 1.29 is 19.0 Å². The van der Waals surface area contributed by atoms with Crippen LogP contribution in [0.3, 0.4) is 0 Å². The molecular weight excluding hydrogens is 430 g/mol. The van der Waals surface area contributed by atoms with E-state index in [9.17, 15) is 5.11 Å². The second kappa shape index (κ2) is 11.0. The van der Waals surface area contributed by atoms with E-state index in [0.29, 0.717) is 37.7 Å². The number of rotatable bonds is 11. The number of furan rings is 1. The molecule has 0 saturated carbocycles. The minimum atomic E-state index is -0.447. The van der Waals surface area contributed by atoms with Gasteiger partial charge in [0.05, 0.1) is 31.6 Å². The molecule has 7 heteroatoms. The summed E-state index contributed by atoms with van der Waals surface area (Å²) in [6, 6.07) is 21.4. The van der Waals surface area contributed by atoms with Gasteiger partial charge in [-0.2, -0.15) is 5.10 Å². The van der Waals surface area contributed by atoms with Crippen molar-refractivity contribution in [2.24, 2.45) is 7.05 Å².